The van der Waals surface area contributed by atoms with Crippen LogP contribution in [0, 0.1) is 5.92 Å². The average molecular weight is 411 g/mol. The Bertz CT molecular complexity index is 904. The molecule has 160 valence electrons. The van der Waals surface area contributed by atoms with E-state index >= 15 is 0 Å². The predicted octanol–water partition coefficient (Wildman–Crippen LogP) is 4.26. The lowest BCUT2D eigenvalue weighted by Gasteiger charge is -2.19. The Balaban J connectivity index is 1.61. The van der Waals surface area contributed by atoms with Crippen molar-refractivity contribution in [2.75, 3.05) is 21.3 Å². The normalized spacial score (nSPS) is 18.2. The fraction of sp³-hybridized carbons (Fsp3) is 0.417. The van der Waals surface area contributed by atoms with Gasteiger partial charge in [0, 0.05) is 11.5 Å². The van der Waals surface area contributed by atoms with Gasteiger partial charge in [-0.05, 0) is 41.0 Å². The maximum absolute atomic E-state index is 12.5. The third kappa shape index (κ3) is 4.75. The van der Waals surface area contributed by atoms with Gasteiger partial charge in [-0.25, -0.2) is 5.43 Å². The molecule has 0 spiro atoms. The number of carbonyl (C=O) groups excluding carboxylic acids is 1. The van der Waals surface area contributed by atoms with Crippen molar-refractivity contribution in [3.63, 3.8) is 0 Å². The van der Waals surface area contributed by atoms with Gasteiger partial charge in [0.15, 0.2) is 11.5 Å². The van der Waals surface area contributed by atoms with Crippen molar-refractivity contribution < 1.29 is 19.0 Å². The summed E-state index contributed by atoms with van der Waals surface area (Å²) in [5, 5.41) is 4.11. The minimum Gasteiger partial charge on any atom is -0.493 e. The van der Waals surface area contributed by atoms with Crippen LogP contribution in [-0.4, -0.2) is 33.5 Å². The van der Waals surface area contributed by atoms with Crippen LogP contribution < -0.4 is 19.6 Å². The Morgan fingerprint density at radius 1 is 1.03 bits per heavy atom. The van der Waals surface area contributed by atoms with E-state index in [2.05, 4.69) is 55.6 Å². The Labute approximate surface area is 178 Å². The zero-order chi connectivity index (χ0) is 21.9. The van der Waals surface area contributed by atoms with E-state index in [0.717, 1.165) is 12.0 Å². The van der Waals surface area contributed by atoms with Crippen LogP contribution in [0.1, 0.15) is 49.8 Å². The molecule has 0 radical (unpaired) electrons. The van der Waals surface area contributed by atoms with Gasteiger partial charge in [-0.1, -0.05) is 45.0 Å². The van der Waals surface area contributed by atoms with Crippen molar-refractivity contribution in [3.8, 4) is 17.2 Å². The highest BCUT2D eigenvalue weighted by Gasteiger charge is 2.44. The number of hydrogen-bond donors (Lipinski definition) is 1. The molecule has 30 heavy (non-hydrogen) atoms. The standard InChI is InChI=1S/C24H30N2O4/c1-24(2,3)17-9-7-16(8-10-17)18-13-19(18)23(27)26-25-14-15-11-20(28-4)22(30-6)21(12-15)29-5/h7-12,14,18-19H,13H2,1-6H3,(H,26,27)/b25-14-/t18-,19+/m0/s1. The number of ether oxygens (including phenoxy) is 3. The largest absolute Gasteiger partial charge is 0.493 e. The molecule has 0 aromatic heterocycles. The molecule has 0 heterocycles. The van der Waals surface area contributed by atoms with Crippen LogP contribution in [0.15, 0.2) is 41.5 Å². The van der Waals surface area contributed by atoms with E-state index in [1.165, 1.54) is 11.1 Å². The SMILES string of the molecule is COc1cc(/C=N\NC(=O)[C@@H]2C[C@H]2c2ccc(C(C)(C)C)cc2)cc(OC)c1OC. The van der Waals surface area contributed by atoms with Crippen LogP contribution in [0.3, 0.4) is 0 Å². The van der Waals surface area contributed by atoms with Crippen molar-refractivity contribution in [1.29, 1.82) is 0 Å². The molecule has 1 N–H and O–H groups in total. The van der Waals surface area contributed by atoms with E-state index in [-0.39, 0.29) is 23.2 Å². The van der Waals surface area contributed by atoms with Crippen LogP contribution in [0.4, 0.5) is 0 Å². The Morgan fingerprint density at radius 3 is 2.13 bits per heavy atom. The molecule has 1 aliphatic carbocycles. The molecule has 6 heteroatoms. The van der Waals surface area contributed by atoms with Gasteiger partial charge in [0.25, 0.3) is 0 Å². The third-order valence-corrected chi connectivity index (χ3v) is 5.41. The molecular weight excluding hydrogens is 380 g/mol. The second kappa shape index (κ2) is 8.78. The first-order chi connectivity index (χ1) is 14.3. The molecule has 1 fully saturated rings. The second-order valence-electron chi connectivity index (χ2n) is 8.51. The monoisotopic (exact) mass is 410 g/mol. The van der Waals surface area contributed by atoms with Gasteiger partial charge in [0.1, 0.15) is 0 Å². The summed E-state index contributed by atoms with van der Waals surface area (Å²) in [6.45, 7) is 6.59. The number of nitrogens with one attached hydrogen (secondary N) is 1. The van der Waals surface area contributed by atoms with Gasteiger partial charge >= 0.3 is 0 Å². The molecule has 2 aromatic carbocycles. The van der Waals surface area contributed by atoms with Gasteiger partial charge in [0.05, 0.1) is 27.5 Å². The van der Waals surface area contributed by atoms with Crippen molar-refractivity contribution in [1.82, 2.24) is 5.43 Å². The summed E-state index contributed by atoms with van der Waals surface area (Å²) in [7, 11) is 4.67. The molecule has 1 amide bonds. The highest BCUT2D eigenvalue weighted by Crippen LogP contribution is 2.47. The van der Waals surface area contributed by atoms with Crippen LogP contribution in [0.25, 0.3) is 0 Å². The molecule has 2 aromatic rings. The van der Waals surface area contributed by atoms with Crippen LogP contribution in [0.5, 0.6) is 17.2 Å². The van der Waals surface area contributed by atoms with Gasteiger partial charge in [-0.15, -0.1) is 0 Å². The van der Waals surface area contributed by atoms with Crippen LogP contribution in [-0.2, 0) is 10.2 Å². The van der Waals surface area contributed by atoms with Crippen molar-refractivity contribution >= 4 is 12.1 Å². The Morgan fingerprint density at radius 2 is 1.63 bits per heavy atom. The summed E-state index contributed by atoms with van der Waals surface area (Å²) >= 11 is 0. The van der Waals surface area contributed by atoms with Gasteiger partial charge in [0.2, 0.25) is 11.7 Å². The number of amides is 1. The summed E-state index contributed by atoms with van der Waals surface area (Å²) in [4.78, 5) is 12.5. The number of carbonyl (C=O) groups is 1. The fourth-order valence-electron chi connectivity index (χ4n) is 3.51. The highest BCUT2D eigenvalue weighted by molar-refractivity contribution is 5.86. The molecule has 0 aliphatic heterocycles. The number of rotatable bonds is 7. The first-order valence-electron chi connectivity index (χ1n) is 10.0. The smallest absolute Gasteiger partial charge is 0.243 e. The maximum Gasteiger partial charge on any atom is 0.243 e. The zero-order valence-corrected chi connectivity index (χ0v) is 18.5. The van der Waals surface area contributed by atoms with Crippen molar-refractivity contribution in [2.45, 2.75) is 38.5 Å². The maximum atomic E-state index is 12.5. The average Bonchev–Trinajstić information content (AvgIpc) is 3.53. The number of benzene rings is 2. The number of hydrazone groups is 1. The van der Waals surface area contributed by atoms with Gasteiger partial charge < -0.3 is 14.2 Å². The Kier molecular flexibility index (Phi) is 6.34. The van der Waals surface area contributed by atoms with Crippen molar-refractivity contribution in [2.24, 2.45) is 11.0 Å². The van der Waals surface area contributed by atoms with E-state index in [0.29, 0.717) is 17.2 Å². The fourth-order valence-corrected chi connectivity index (χ4v) is 3.51. The predicted molar refractivity (Wildman–Crippen MR) is 118 cm³/mol. The van der Waals surface area contributed by atoms with E-state index in [1.54, 1.807) is 39.7 Å². The summed E-state index contributed by atoms with van der Waals surface area (Å²) in [5.74, 6) is 1.73. The topological polar surface area (TPSA) is 69.2 Å². The first kappa shape index (κ1) is 21.7. The molecule has 2 atom stereocenters. The molecular formula is C24H30N2O4. The van der Waals surface area contributed by atoms with E-state index < -0.39 is 0 Å². The van der Waals surface area contributed by atoms with E-state index in [1.807, 2.05) is 0 Å². The van der Waals surface area contributed by atoms with Gasteiger partial charge in [-0.3, -0.25) is 4.79 Å². The Hall–Kier alpha value is -3.02. The minimum atomic E-state index is -0.0661. The minimum absolute atomic E-state index is 0.0393. The van der Waals surface area contributed by atoms with E-state index in [9.17, 15) is 4.79 Å². The van der Waals surface area contributed by atoms with Crippen LogP contribution in [0.2, 0.25) is 0 Å². The highest BCUT2D eigenvalue weighted by atomic mass is 16.5. The lowest BCUT2D eigenvalue weighted by Crippen LogP contribution is -2.20. The van der Waals surface area contributed by atoms with Crippen molar-refractivity contribution in [3.05, 3.63) is 53.1 Å². The lowest BCUT2D eigenvalue weighted by atomic mass is 9.86. The summed E-state index contributed by atoms with van der Waals surface area (Å²) in [6, 6.07) is 12.1. The quantitative estimate of drug-likeness (QED) is 0.547. The summed E-state index contributed by atoms with van der Waals surface area (Å²) in [6.07, 6.45) is 2.41. The van der Waals surface area contributed by atoms with E-state index in [4.69, 9.17) is 14.2 Å². The molecule has 0 bridgehead atoms. The first-order valence-corrected chi connectivity index (χ1v) is 10.0. The molecule has 1 aliphatic rings. The molecule has 0 saturated heterocycles. The van der Waals surface area contributed by atoms with Gasteiger partial charge in [-0.2, -0.15) is 5.10 Å². The summed E-state index contributed by atoms with van der Waals surface area (Å²) in [5.41, 5.74) is 6.01. The van der Waals surface area contributed by atoms with Crippen LogP contribution >= 0.6 is 0 Å². The summed E-state index contributed by atoms with van der Waals surface area (Å²) < 4.78 is 16.0. The lowest BCUT2D eigenvalue weighted by molar-refractivity contribution is -0.122. The molecule has 1 saturated carbocycles. The third-order valence-electron chi connectivity index (χ3n) is 5.41. The second-order valence-corrected chi connectivity index (χ2v) is 8.51. The molecule has 0 unspecified atom stereocenters. The number of methoxy groups -OCH3 is 3. The number of nitrogens with zero attached hydrogens (tertiary/aromatic N) is 1. The number of hydrogen-bond acceptors (Lipinski definition) is 5. The zero-order valence-electron chi connectivity index (χ0n) is 18.5. The molecule has 3 rings (SSSR count). The molecule has 6 nitrogen and oxygen atoms in total.